The minimum atomic E-state index is -0.610. The Morgan fingerprint density at radius 1 is 1.29 bits per heavy atom. The molecule has 0 heterocycles. The van der Waals surface area contributed by atoms with E-state index in [2.05, 4.69) is 13.8 Å². The highest BCUT2D eigenvalue weighted by Crippen LogP contribution is 2.35. The second-order valence-corrected chi connectivity index (χ2v) is 8.07. The number of hydrogen-bond donors (Lipinski definition) is 1. The average Bonchev–Trinajstić information content (AvgIpc) is 2.45. The Kier molecular flexibility index (Phi) is 9.55. The summed E-state index contributed by atoms with van der Waals surface area (Å²) >= 11 is 1.87. The molecule has 0 aromatic rings. The van der Waals surface area contributed by atoms with Crippen LogP contribution in [0.3, 0.4) is 0 Å². The summed E-state index contributed by atoms with van der Waals surface area (Å²) in [5.74, 6) is 0.941. The van der Waals surface area contributed by atoms with Crippen molar-refractivity contribution in [1.29, 1.82) is 0 Å². The molecule has 2 nitrogen and oxygen atoms in total. The Morgan fingerprint density at radius 2 is 1.86 bits per heavy atom. The van der Waals surface area contributed by atoms with Gasteiger partial charge < -0.3 is 5.11 Å². The van der Waals surface area contributed by atoms with Crippen LogP contribution in [0.1, 0.15) is 61.3 Å². The van der Waals surface area contributed by atoms with Gasteiger partial charge in [-0.15, -0.1) is 0 Å². The van der Waals surface area contributed by atoms with Gasteiger partial charge in [0.15, 0.2) is 0 Å². The Balaban J connectivity index is 4.78. The van der Waals surface area contributed by atoms with Crippen LogP contribution in [0.2, 0.25) is 0 Å². The maximum absolute atomic E-state index is 12.8. The van der Waals surface area contributed by atoms with Crippen LogP contribution < -0.4 is 0 Å². The van der Waals surface area contributed by atoms with Crippen LogP contribution in [0.15, 0.2) is 12.2 Å². The number of Topliss-reactive ketones (excluding diaryl/α,β-unsaturated/α-hetero) is 1. The highest BCUT2D eigenvalue weighted by molar-refractivity contribution is 7.99. The van der Waals surface area contributed by atoms with Crippen molar-refractivity contribution < 1.29 is 9.90 Å². The van der Waals surface area contributed by atoms with Crippen LogP contribution in [0, 0.1) is 17.3 Å². The second kappa shape index (κ2) is 9.68. The summed E-state index contributed by atoms with van der Waals surface area (Å²) in [5.41, 5.74) is -0.408. The molecule has 1 unspecified atom stereocenters. The van der Waals surface area contributed by atoms with Gasteiger partial charge in [-0.25, -0.2) is 0 Å². The molecule has 0 aromatic carbocycles. The molecule has 0 bridgehead atoms. The van der Waals surface area contributed by atoms with E-state index in [1.54, 1.807) is 0 Å². The van der Waals surface area contributed by atoms with Gasteiger partial charge in [0.05, 0.1) is 6.10 Å². The van der Waals surface area contributed by atoms with Gasteiger partial charge in [-0.2, -0.15) is 11.8 Å². The lowest BCUT2D eigenvalue weighted by atomic mass is 9.75. The standard InChI is InChI=1S/C18H34O2S/c1-8-10-12-21-15(5)18(6,7)17(20)14(4)16(19)13(3)11-9-2/h9,11,13-16,19H,8,10,12H2,1-7H3/b11-9+/t13-,14+,15?,16-/m0/s1. The fourth-order valence-electron chi connectivity index (χ4n) is 2.43. The lowest BCUT2D eigenvalue weighted by molar-refractivity contribution is -0.134. The van der Waals surface area contributed by atoms with Gasteiger partial charge in [0.25, 0.3) is 0 Å². The van der Waals surface area contributed by atoms with Crippen molar-refractivity contribution in [3.63, 3.8) is 0 Å². The van der Waals surface area contributed by atoms with Gasteiger partial charge >= 0.3 is 0 Å². The Morgan fingerprint density at radius 3 is 2.33 bits per heavy atom. The maximum Gasteiger partial charge on any atom is 0.144 e. The Hall–Kier alpha value is -0.280. The minimum Gasteiger partial charge on any atom is -0.392 e. The zero-order valence-electron chi connectivity index (χ0n) is 14.8. The minimum absolute atomic E-state index is 0.00722. The smallest absolute Gasteiger partial charge is 0.144 e. The monoisotopic (exact) mass is 314 g/mol. The van der Waals surface area contributed by atoms with Crippen LogP contribution in [0.5, 0.6) is 0 Å². The molecule has 0 rings (SSSR count). The number of rotatable bonds is 10. The fraction of sp³-hybridized carbons (Fsp3) is 0.833. The number of carbonyl (C=O) groups is 1. The number of aliphatic hydroxyl groups is 1. The molecule has 0 aliphatic carbocycles. The van der Waals surface area contributed by atoms with Crippen LogP contribution in [-0.2, 0) is 4.79 Å². The van der Waals surface area contributed by atoms with Crippen molar-refractivity contribution in [2.24, 2.45) is 17.3 Å². The highest BCUT2D eigenvalue weighted by Gasteiger charge is 2.39. The zero-order valence-corrected chi connectivity index (χ0v) is 15.7. The van der Waals surface area contributed by atoms with E-state index in [4.69, 9.17) is 0 Å². The molecule has 0 saturated heterocycles. The summed E-state index contributed by atoms with van der Waals surface area (Å²) < 4.78 is 0. The van der Waals surface area contributed by atoms with Crippen molar-refractivity contribution in [3.8, 4) is 0 Å². The van der Waals surface area contributed by atoms with Gasteiger partial charge in [-0.05, 0) is 19.1 Å². The Labute approximate surface area is 135 Å². The number of hydrogen-bond acceptors (Lipinski definition) is 3. The average molecular weight is 315 g/mol. The van der Waals surface area contributed by atoms with E-state index in [1.807, 2.05) is 58.5 Å². The third-order valence-electron chi connectivity index (χ3n) is 4.48. The third kappa shape index (κ3) is 6.15. The number of ketones is 1. The van der Waals surface area contributed by atoms with E-state index >= 15 is 0 Å². The molecule has 4 atom stereocenters. The molecule has 21 heavy (non-hydrogen) atoms. The summed E-state index contributed by atoms with van der Waals surface area (Å²) in [6.07, 6.45) is 5.65. The first-order valence-electron chi connectivity index (χ1n) is 8.16. The number of carbonyl (C=O) groups excluding carboxylic acids is 1. The van der Waals surface area contributed by atoms with Gasteiger partial charge in [0, 0.05) is 22.5 Å². The normalized spacial score (nSPS) is 18.5. The number of unbranched alkanes of at least 4 members (excludes halogenated alkanes) is 1. The first-order chi connectivity index (χ1) is 9.69. The molecule has 1 N–H and O–H groups in total. The molecule has 0 aromatic heterocycles. The van der Waals surface area contributed by atoms with Crippen molar-refractivity contribution >= 4 is 17.5 Å². The van der Waals surface area contributed by atoms with Crippen LogP contribution >= 0.6 is 11.8 Å². The predicted octanol–water partition coefficient (Wildman–Crippen LogP) is 4.71. The molecule has 0 amide bonds. The summed E-state index contributed by atoms with van der Waals surface area (Å²) in [5, 5.41) is 10.6. The fourth-order valence-corrected chi connectivity index (χ4v) is 3.77. The van der Waals surface area contributed by atoms with E-state index in [0.717, 1.165) is 5.75 Å². The van der Waals surface area contributed by atoms with Crippen molar-refractivity contribution in [1.82, 2.24) is 0 Å². The first kappa shape index (κ1) is 20.7. The molecule has 124 valence electrons. The molecule has 0 aliphatic heterocycles. The molecule has 0 spiro atoms. The van der Waals surface area contributed by atoms with Crippen molar-refractivity contribution in [3.05, 3.63) is 12.2 Å². The van der Waals surface area contributed by atoms with Crippen LogP contribution in [0.25, 0.3) is 0 Å². The van der Waals surface area contributed by atoms with E-state index in [0.29, 0.717) is 0 Å². The summed E-state index contributed by atoms with van der Waals surface area (Å²) in [4.78, 5) is 12.8. The SMILES string of the molecule is C/C=C/[C@H](C)[C@H](O)[C@@H](C)C(=O)C(C)(C)C(C)SCCCC. The van der Waals surface area contributed by atoms with Crippen LogP contribution in [-0.4, -0.2) is 28.0 Å². The molecular formula is C18H34O2S. The second-order valence-electron chi connectivity index (χ2n) is 6.62. The van der Waals surface area contributed by atoms with Crippen molar-refractivity contribution in [2.45, 2.75) is 72.7 Å². The summed E-state index contributed by atoms with van der Waals surface area (Å²) in [6.45, 7) is 14.1. The zero-order chi connectivity index (χ0) is 16.6. The molecule has 0 fully saturated rings. The van der Waals surface area contributed by atoms with Gasteiger partial charge in [0.1, 0.15) is 5.78 Å². The van der Waals surface area contributed by atoms with Crippen LogP contribution in [0.4, 0.5) is 0 Å². The lowest BCUT2D eigenvalue weighted by Crippen LogP contribution is -2.42. The number of allylic oxidation sites excluding steroid dienone is 1. The van der Waals surface area contributed by atoms with E-state index in [9.17, 15) is 9.90 Å². The molecule has 3 heteroatoms. The van der Waals surface area contributed by atoms with Gasteiger partial charge in [-0.3, -0.25) is 4.79 Å². The third-order valence-corrected chi connectivity index (χ3v) is 6.09. The summed E-state index contributed by atoms with van der Waals surface area (Å²) in [7, 11) is 0. The van der Waals surface area contributed by atoms with E-state index < -0.39 is 11.5 Å². The first-order valence-corrected chi connectivity index (χ1v) is 9.21. The predicted molar refractivity (Wildman–Crippen MR) is 94.8 cm³/mol. The van der Waals surface area contributed by atoms with E-state index in [1.165, 1.54) is 12.8 Å². The van der Waals surface area contributed by atoms with Gasteiger partial charge in [0.2, 0.25) is 0 Å². The topological polar surface area (TPSA) is 37.3 Å². The quantitative estimate of drug-likeness (QED) is 0.468. The Bertz CT molecular complexity index is 336. The van der Waals surface area contributed by atoms with Crippen molar-refractivity contribution in [2.75, 3.05) is 5.75 Å². The number of aliphatic hydroxyl groups excluding tert-OH is 1. The van der Waals surface area contributed by atoms with E-state index in [-0.39, 0.29) is 22.9 Å². The highest BCUT2D eigenvalue weighted by atomic mass is 32.2. The maximum atomic E-state index is 12.8. The lowest BCUT2D eigenvalue weighted by Gasteiger charge is -2.34. The van der Waals surface area contributed by atoms with Gasteiger partial charge in [-0.1, -0.05) is 60.1 Å². The molecule has 0 aliphatic rings. The number of thioether (sulfide) groups is 1. The molecular weight excluding hydrogens is 280 g/mol. The largest absolute Gasteiger partial charge is 0.392 e. The summed E-state index contributed by atoms with van der Waals surface area (Å²) in [6, 6.07) is 0. The molecule has 0 radical (unpaired) electrons. The molecule has 0 saturated carbocycles.